The lowest BCUT2D eigenvalue weighted by atomic mass is 10.3. The first-order valence-electron chi connectivity index (χ1n) is 7.74. The van der Waals surface area contributed by atoms with E-state index in [2.05, 4.69) is 27.6 Å². The maximum atomic E-state index is 10.3. The van der Waals surface area contributed by atoms with Crippen LogP contribution in [0.15, 0.2) is 48.5 Å². The van der Waals surface area contributed by atoms with Gasteiger partial charge in [0.05, 0.1) is 17.6 Å². The van der Waals surface area contributed by atoms with Crippen LogP contribution in [-0.4, -0.2) is 32.5 Å². The highest BCUT2D eigenvalue weighted by Gasteiger charge is 2.17. The number of benzene rings is 2. The van der Waals surface area contributed by atoms with Crippen LogP contribution in [0, 0.1) is 3.57 Å². The molecule has 0 bridgehead atoms. The molecular weight excluding hydrogens is 419 g/mol. The summed E-state index contributed by atoms with van der Waals surface area (Å²) >= 11 is 2.23. The molecule has 3 rings (SSSR count). The standard InChI is InChI=1S/C18H19IN2O3/c1-12(22)18-20-16-4-2-3-5-17(16)21(18)10-14(23)11-24-15-8-6-13(19)7-9-15/h2-9,12,14,22-23H,10-11H2,1H3/t12-,14+/m0/s1. The summed E-state index contributed by atoms with van der Waals surface area (Å²) in [4.78, 5) is 4.45. The number of halogens is 1. The molecule has 0 radical (unpaired) electrons. The Labute approximate surface area is 154 Å². The second-order valence-electron chi connectivity index (χ2n) is 5.66. The summed E-state index contributed by atoms with van der Waals surface area (Å²) in [5.74, 6) is 1.27. The monoisotopic (exact) mass is 438 g/mol. The fourth-order valence-electron chi connectivity index (χ4n) is 2.59. The van der Waals surface area contributed by atoms with E-state index in [1.165, 1.54) is 0 Å². The zero-order chi connectivity index (χ0) is 17.1. The number of rotatable bonds is 6. The third-order valence-electron chi connectivity index (χ3n) is 3.71. The fourth-order valence-corrected chi connectivity index (χ4v) is 2.95. The van der Waals surface area contributed by atoms with Gasteiger partial charge in [0.2, 0.25) is 0 Å². The zero-order valence-electron chi connectivity index (χ0n) is 13.3. The van der Waals surface area contributed by atoms with E-state index < -0.39 is 12.2 Å². The molecule has 2 atom stereocenters. The van der Waals surface area contributed by atoms with Gasteiger partial charge in [-0.15, -0.1) is 0 Å². The summed E-state index contributed by atoms with van der Waals surface area (Å²) in [5.41, 5.74) is 1.70. The largest absolute Gasteiger partial charge is 0.491 e. The highest BCUT2D eigenvalue weighted by atomic mass is 127. The van der Waals surface area contributed by atoms with Gasteiger partial charge >= 0.3 is 0 Å². The summed E-state index contributed by atoms with van der Waals surface area (Å²) in [5, 5.41) is 20.3. The first-order valence-corrected chi connectivity index (χ1v) is 8.82. The summed E-state index contributed by atoms with van der Waals surface area (Å²) < 4.78 is 8.62. The van der Waals surface area contributed by atoms with Gasteiger partial charge in [-0.3, -0.25) is 0 Å². The summed E-state index contributed by atoms with van der Waals surface area (Å²) in [6, 6.07) is 15.3. The molecule has 2 N–H and O–H groups in total. The molecule has 0 aliphatic heterocycles. The predicted molar refractivity (Wildman–Crippen MR) is 101 cm³/mol. The van der Waals surface area contributed by atoms with E-state index in [1.54, 1.807) is 6.92 Å². The molecular formula is C18H19IN2O3. The molecule has 0 amide bonds. The molecule has 0 saturated heterocycles. The molecule has 0 fully saturated rings. The van der Waals surface area contributed by atoms with Crippen molar-refractivity contribution in [2.75, 3.05) is 6.61 Å². The predicted octanol–water partition coefficient (Wildman–Crippen LogP) is 3.13. The highest BCUT2D eigenvalue weighted by molar-refractivity contribution is 14.1. The van der Waals surface area contributed by atoms with Gasteiger partial charge < -0.3 is 19.5 Å². The van der Waals surface area contributed by atoms with E-state index in [0.29, 0.717) is 12.4 Å². The number of nitrogens with zero attached hydrogens (tertiary/aromatic N) is 2. The fraction of sp³-hybridized carbons (Fsp3) is 0.278. The average Bonchev–Trinajstić information content (AvgIpc) is 2.93. The van der Waals surface area contributed by atoms with Crippen molar-refractivity contribution in [2.45, 2.75) is 25.7 Å². The van der Waals surface area contributed by atoms with Crippen LogP contribution in [0.5, 0.6) is 5.75 Å². The van der Waals surface area contributed by atoms with Gasteiger partial charge in [0.1, 0.15) is 30.4 Å². The number of aliphatic hydroxyl groups is 2. The van der Waals surface area contributed by atoms with Crippen LogP contribution in [0.4, 0.5) is 0 Å². The summed E-state index contributed by atoms with van der Waals surface area (Å²) in [7, 11) is 0. The SMILES string of the molecule is C[C@H](O)c1nc2ccccc2n1C[C@@H](O)COc1ccc(I)cc1. The van der Waals surface area contributed by atoms with Gasteiger partial charge in [-0.05, 0) is 65.9 Å². The molecule has 0 saturated carbocycles. The maximum Gasteiger partial charge on any atom is 0.138 e. The third-order valence-corrected chi connectivity index (χ3v) is 4.43. The van der Waals surface area contributed by atoms with Crippen molar-refractivity contribution in [1.29, 1.82) is 0 Å². The molecule has 24 heavy (non-hydrogen) atoms. The van der Waals surface area contributed by atoms with Gasteiger partial charge in [0.25, 0.3) is 0 Å². The van der Waals surface area contributed by atoms with E-state index in [4.69, 9.17) is 4.74 Å². The number of fused-ring (bicyclic) bond motifs is 1. The topological polar surface area (TPSA) is 67.5 Å². The van der Waals surface area contributed by atoms with Gasteiger partial charge in [-0.25, -0.2) is 4.98 Å². The molecule has 126 valence electrons. The van der Waals surface area contributed by atoms with Crippen molar-refractivity contribution in [3.05, 3.63) is 57.9 Å². The van der Waals surface area contributed by atoms with Crippen LogP contribution >= 0.6 is 22.6 Å². The lowest BCUT2D eigenvalue weighted by Gasteiger charge is -2.16. The van der Waals surface area contributed by atoms with Crippen molar-refractivity contribution in [2.24, 2.45) is 0 Å². The minimum absolute atomic E-state index is 0.173. The van der Waals surface area contributed by atoms with Crippen molar-refractivity contribution < 1.29 is 14.9 Å². The van der Waals surface area contributed by atoms with Crippen molar-refractivity contribution in [3.8, 4) is 5.75 Å². The number of ether oxygens (including phenoxy) is 1. The van der Waals surface area contributed by atoms with Gasteiger partial charge in [-0.1, -0.05) is 12.1 Å². The zero-order valence-corrected chi connectivity index (χ0v) is 15.4. The van der Waals surface area contributed by atoms with E-state index >= 15 is 0 Å². The van der Waals surface area contributed by atoms with Crippen molar-refractivity contribution in [1.82, 2.24) is 9.55 Å². The minimum Gasteiger partial charge on any atom is -0.491 e. The maximum absolute atomic E-state index is 10.3. The molecule has 1 aromatic heterocycles. The van der Waals surface area contributed by atoms with Gasteiger partial charge in [0, 0.05) is 3.57 Å². The molecule has 0 aliphatic carbocycles. The van der Waals surface area contributed by atoms with Gasteiger partial charge in [0.15, 0.2) is 0 Å². The van der Waals surface area contributed by atoms with Crippen LogP contribution in [0.25, 0.3) is 11.0 Å². The van der Waals surface area contributed by atoms with Crippen molar-refractivity contribution in [3.63, 3.8) is 0 Å². The lowest BCUT2D eigenvalue weighted by molar-refractivity contribution is 0.0895. The van der Waals surface area contributed by atoms with E-state index in [0.717, 1.165) is 20.4 Å². The Kier molecular flexibility index (Phi) is 5.37. The number of aliphatic hydroxyl groups excluding tert-OH is 2. The third kappa shape index (κ3) is 3.88. The molecule has 3 aromatic rings. The van der Waals surface area contributed by atoms with Crippen LogP contribution in [-0.2, 0) is 6.54 Å². The number of aromatic nitrogens is 2. The first-order chi connectivity index (χ1) is 11.5. The van der Waals surface area contributed by atoms with E-state index in [1.807, 2.05) is 53.1 Å². The van der Waals surface area contributed by atoms with Crippen LogP contribution in [0.3, 0.4) is 0 Å². The average molecular weight is 438 g/mol. The van der Waals surface area contributed by atoms with Crippen LogP contribution < -0.4 is 4.74 Å². The number of imidazole rings is 1. The lowest BCUT2D eigenvalue weighted by Crippen LogP contribution is -2.25. The Hall–Kier alpha value is -1.64. The number of hydrogen-bond acceptors (Lipinski definition) is 4. The molecule has 2 aromatic carbocycles. The summed E-state index contributed by atoms with van der Waals surface area (Å²) in [6.45, 7) is 2.16. The quantitative estimate of drug-likeness (QED) is 0.581. The van der Waals surface area contributed by atoms with Crippen molar-refractivity contribution >= 4 is 33.6 Å². The molecule has 1 heterocycles. The number of para-hydroxylation sites is 2. The first kappa shape index (κ1) is 17.2. The Bertz CT molecular complexity index is 815. The van der Waals surface area contributed by atoms with Gasteiger partial charge in [-0.2, -0.15) is 0 Å². The van der Waals surface area contributed by atoms with Crippen LogP contribution in [0.2, 0.25) is 0 Å². The van der Waals surface area contributed by atoms with Crippen LogP contribution in [0.1, 0.15) is 18.9 Å². The summed E-state index contributed by atoms with van der Waals surface area (Å²) in [6.07, 6.45) is -1.42. The second-order valence-corrected chi connectivity index (χ2v) is 6.91. The van der Waals surface area contributed by atoms with E-state index in [-0.39, 0.29) is 6.61 Å². The Morgan fingerprint density at radius 2 is 1.83 bits per heavy atom. The molecule has 0 spiro atoms. The Balaban J connectivity index is 1.73. The Morgan fingerprint density at radius 1 is 1.12 bits per heavy atom. The smallest absolute Gasteiger partial charge is 0.138 e. The Morgan fingerprint density at radius 3 is 2.54 bits per heavy atom. The molecule has 5 nitrogen and oxygen atoms in total. The molecule has 0 aliphatic rings. The molecule has 0 unspecified atom stereocenters. The van der Waals surface area contributed by atoms with E-state index in [9.17, 15) is 10.2 Å². The second kappa shape index (κ2) is 7.50. The normalized spacial score (nSPS) is 13.8. The minimum atomic E-state index is -0.709. The highest BCUT2D eigenvalue weighted by Crippen LogP contribution is 2.21. The molecule has 6 heteroatoms. The number of hydrogen-bond donors (Lipinski definition) is 2.